The monoisotopic (exact) mass is 377 g/mol. The van der Waals surface area contributed by atoms with Crippen LogP contribution in [0.3, 0.4) is 0 Å². The van der Waals surface area contributed by atoms with Crippen molar-refractivity contribution >= 4 is 29.1 Å². The Kier molecular flexibility index (Phi) is 6.29. The number of amides is 3. The number of rotatable bonds is 4. The summed E-state index contributed by atoms with van der Waals surface area (Å²) in [6, 6.07) is 1.74. The number of nitrogens with one attached hydrogen (secondary N) is 1. The van der Waals surface area contributed by atoms with E-state index in [1.54, 1.807) is 16.3 Å². The standard InChI is InChI=1S/C19H27N3O3S/c1-14-4-8-21(9-5-14)19(25)15-3-2-7-22(12-15)17(23)11-20-18(24)16-6-10-26-13-16/h6,10,13-15H,2-5,7-9,11-12H2,1H3,(H,20,24)/t15-/m0/s1. The summed E-state index contributed by atoms with van der Waals surface area (Å²) in [4.78, 5) is 40.9. The highest BCUT2D eigenvalue weighted by atomic mass is 32.1. The number of hydrogen-bond donors (Lipinski definition) is 1. The van der Waals surface area contributed by atoms with Gasteiger partial charge in [-0.15, -0.1) is 0 Å². The minimum atomic E-state index is -0.230. The van der Waals surface area contributed by atoms with Gasteiger partial charge in [0.15, 0.2) is 0 Å². The first-order valence-electron chi connectivity index (χ1n) is 9.41. The van der Waals surface area contributed by atoms with Crippen LogP contribution in [0.2, 0.25) is 0 Å². The Bertz CT molecular complexity index is 638. The van der Waals surface area contributed by atoms with Gasteiger partial charge in [0, 0.05) is 37.1 Å². The summed E-state index contributed by atoms with van der Waals surface area (Å²) in [5.41, 5.74) is 0.578. The van der Waals surface area contributed by atoms with Gasteiger partial charge in [-0.25, -0.2) is 0 Å². The highest BCUT2D eigenvalue weighted by Crippen LogP contribution is 2.23. The molecule has 1 aromatic rings. The molecule has 26 heavy (non-hydrogen) atoms. The van der Waals surface area contributed by atoms with Crippen LogP contribution in [0.15, 0.2) is 16.8 Å². The van der Waals surface area contributed by atoms with Gasteiger partial charge in [0.2, 0.25) is 11.8 Å². The van der Waals surface area contributed by atoms with Crippen LogP contribution in [0, 0.1) is 11.8 Å². The van der Waals surface area contributed by atoms with Gasteiger partial charge in [-0.3, -0.25) is 14.4 Å². The molecule has 2 saturated heterocycles. The van der Waals surface area contributed by atoms with Gasteiger partial charge in [0.1, 0.15) is 0 Å². The first-order chi connectivity index (χ1) is 12.5. The predicted octanol–water partition coefficient (Wildman–Crippen LogP) is 1.97. The molecule has 1 N–H and O–H groups in total. The van der Waals surface area contributed by atoms with Gasteiger partial charge in [-0.05, 0) is 43.0 Å². The Morgan fingerprint density at radius 1 is 1.15 bits per heavy atom. The van der Waals surface area contributed by atoms with E-state index in [2.05, 4.69) is 12.2 Å². The van der Waals surface area contributed by atoms with Crippen LogP contribution in [0.5, 0.6) is 0 Å². The van der Waals surface area contributed by atoms with Crippen molar-refractivity contribution in [2.45, 2.75) is 32.6 Å². The lowest BCUT2D eigenvalue weighted by Gasteiger charge is -2.37. The molecule has 0 spiro atoms. The second-order valence-electron chi connectivity index (χ2n) is 7.38. The maximum Gasteiger partial charge on any atom is 0.252 e. The number of thiophene rings is 1. The van der Waals surface area contributed by atoms with Crippen LogP contribution >= 0.6 is 11.3 Å². The van der Waals surface area contributed by atoms with E-state index in [9.17, 15) is 14.4 Å². The van der Waals surface area contributed by atoms with E-state index in [0.29, 0.717) is 24.6 Å². The Hall–Kier alpha value is -1.89. The van der Waals surface area contributed by atoms with Crippen LogP contribution in [0.1, 0.15) is 43.0 Å². The van der Waals surface area contributed by atoms with Crippen molar-refractivity contribution in [3.63, 3.8) is 0 Å². The fourth-order valence-electron chi connectivity index (χ4n) is 3.66. The van der Waals surface area contributed by atoms with Crippen molar-refractivity contribution in [2.24, 2.45) is 11.8 Å². The van der Waals surface area contributed by atoms with Crippen molar-refractivity contribution in [3.8, 4) is 0 Å². The predicted molar refractivity (Wildman–Crippen MR) is 101 cm³/mol. The van der Waals surface area contributed by atoms with Crippen molar-refractivity contribution in [3.05, 3.63) is 22.4 Å². The van der Waals surface area contributed by atoms with Gasteiger partial charge in [-0.2, -0.15) is 11.3 Å². The molecule has 0 bridgehead atoms. The summed E-state index contributed by atoms with van der Waals surface area (Å²) in [6.45, 7) is 5.01. The van der Waals surface area contributed by atoms with Gasteiger partial charge in [0.25, 0.3) is 5.91 Å². The van der Waals surface area contributed by atoms with Crippen LogP contribution in [-0.2, 0) is 9.59 Å². The van der Waals surface area contributed by atoms with E-state index in [4.69, 9.17) is 0 Å². The van der Waals surface area contributed by atoms with Gasteiger partial charge in [-0.1, -0.05) is 6.92 Å². The Morgan fingerprint density at radius 2 is 1.92 bits per heavy atom. The largest absolute Gasteiger partial charge is 0.343 e. The molecule has 7 heteroatoms. The van der Waals surface area contributed by atoms with Crippen LogP contribution in [0.25, 0.3) is 0 Å². The summed E-state index contributed by atoms with van der Waals surface area (Å²) in [7, 11) is 0. The molecule has 1 aromatic heterocycles. The van der Waals surface area contributed by atoms with Crippen molar-refractivity contribution < 1.29 is 14.4 Å². The molecule has 6 nitrogen and oxygen atoms in total. The second-order valence-corrected chi connectivity index (χ2v) is 8.16. The first kappa shape index (κ1) is 18.9. The Morgan fingerprint density at radius 3 is 2.62 bits per heavy atom. The molecule has 3 rings (SSSR count). The quantitative estimate of drug-likeness (QED) is 0.872. The SMILES string of the molecule is CC1CCN(C(=O)[C@H]2CCCN(C(=O)CNC(=O)c3ccsc3)C2)CC1. The zero-order valence-electron chi connectivity index (χ0n) is 15.3. The van der Waals surface area contributed by atoms with Gasteiger partial charge in [0.05, 0.1) is 12.5 Å². The average molecular weight is 378 g/mol. The third-order valence-electron chi connectivity index (χ3n) is 5.40. The summed E-state index contributed by atoms with van der Waals surface area (Å²) >= 11 is 1.45. The van der Waals surface area contributed by atoms with Crippen molar-refractivity contribution in [1.82, 2.24) is 15.1 Å². The van der Waals surface area contributed by atoms with E-state index in [0.717, 1.165) is 38.8 Å². The minimum absolute atomic E-state index is 0.0170. The third kappa shape index (κ3) is 4.63. The van der Waals surface area contributed by atoms with Gasteiger partial charge >= 0.3 is 0 Å². The number of piperidine rings is 2. The topological polar surface area (TPSA) is 69.7 Å². The highest BCUT2D eigenvalue weighted by molar-refractivity contribution is 7.08. The van der Waals surface area contributed by atoms with Crippen LogP contribution in [0.4, 0.5) is 0 Å². The van der Waals surface area contributed by atoms with E-state index in [1.807, 2.05) is 10.3 Å². The smallest absolute Gasteiger partial charge is 0.252 e. The van der Waals surface area contributed by atoms with Crippen molar-refractivity contribution in [1.29, 1.82) is 0 Å². The van der Waals surface area contributed by atoms with E-state index < -0.39 is 0 Å². The summed E-state index contributed by atoms with van der Waals surface area (Å²) in [6.07, 6.45) is 3.81. The average Bonchev–Trinajstić information content (AvgIpc) is 3.21. The fourth-order valence-corrected chi connectivity index (χ4v) is 4.29. The lowest BCUT2D eigenvalue weighted by atomic mass is 9.93. The minimum Gasteiger partial charge on any atom is -0.343 e. The number of likely N-dealkylation sites (tertiary alicyclic amines) is 2. The van der Waals surface area contributed by atoms with Gasteiger partial charge < -0.3 is 15.1 Å². The molecule has 2 fully saturated rings. The maximum absolute atomic E-state index is 12.8. The molecular weight excluding hydrogens is 350 g/mol. The molecule has 0 saturated carbocycles. The molecule has 3 heterocycles. The first-order valence-corrected chi connectivity index (χ1v) is 10.4. The number of hydrogen-bond acceptors (Lipinski definition) is 4. The molecule has 3 amide bonds. The van der Waals surface area contributed by atoms with Crippen LogP contribution < -0.4 is 5.32 Å². The molecule has 2 aliphatic heterocycles. The second kappa shape index (κ2) is 8.66. The fraction of sp³-hybridized carbons (Fsp3) is 0.632. The number of carbonyl (C=O) groups excluding carboxylic acids is 3. The molecule has 142 valence electrons. The number of carbonyl (C=O) groups is 3. The normalized spacial score (nSPS) is 21.5. The zero-order valence-corrected chi connectivity index (χ0v) is 16.1. The summed E-state index contributed by atoms with van der Waals surface area (Å²) < 4.78 is 0. The molecular formula is C19H27N3O3S. The third-order valence-corrected chi connectivity index (χ3v) is 6.09. The zero-order chi connectivity index (χ0) is 18.5. The summed E-state index contributed by atoms with van der Waals surface area (Å²) in [5, 5.41) is 6.27. The van der Waals surface area contributed by atoms with E-state index >= 15 is 0 Å². The Labute approximate surface area is 158 Å². The molecule has 0 unspecified atom stereocenters. The molecule has 0 aromatic carbocycles. The molecule has 2 aliphatic rings. The molecule has 0 radical (unpaired) electrons. The lowest BCUT2D eigenvalue weighted by molar-refractivity contribution is -0.141. The van der Waals surface area contributed by atoms with E-state index in [1.165, 1.54) is 11.3 Å². The highest BCUT2D eigenvalue weighted by Gasteiger charge is 2.32. The summed E-state index contributed by atoms with van der Waals surface area (Å²) in [5.74, 6) is 0.436. The van der Waals surface area contributed by atoms with E-state index in [-0.39, 0.29) is 30.2 Å². The molecule has 1 atom stereocenters. The van der Waals surface area contributed by atoms with Crippen LogP contribution in [-0.4, -0.2) is 60.2 Å². The molecule has 0 aliphatic carbocycles. The van der Waals surface area contributed by atoms with Crippen molar-refractivity contribution in [2.75, 3.05) is 32.7 Å². The number of nitrogens with zero attached hydrogens (tertiary/aromatic N) is 2. The lowest BCUT2D eigenvalue weighted by Crippen LogP contribution is -2.50. The Balaban J connectivity index is 1.48. The maximum atomic E-state index is 12.8.